The number of aromatic amines is 1. The molecule has 2 heterocycles. The van der Waals surface area contributed by atoms with Gasteiger partial charge < -0.3 is 9.88 Å². The SMILES string of the molecule is Cc1ccc2c(c1)C(c1ccc[nH]1)=NCC(=O)N2C. The summed E-state index contributed by atoms with van der Waals surface area (Å²) in [4.78, 5) is 21.3. The maximum Gasteiger partial charge on any atom is 0.248 e. The van der Waals surface area contributed by atoms with E-state index in [0.29, 0.717) is 0 Å². The number of H-pyrrole nitrogens is 1. The molecule has 1 aromatic carbocycles. The van der Waals surface area contributed by atoms with Gasteiger partial charge >= 0.3 is 0 Å². The monoisotopic (exact) mass is 253 g/mol. The van der Waals surface area contributed by atoms with Crippen LogP contribution in [0.5, 0.6) is 0 Å². The molecule has 96 valence electrons. The number of anilines is 1. The lowest BCUT2D eigenvalue weighted by Gasteiger charge is -2.18. The number of likely N-dealkylation sites (N-methyl/N-ethyl adjacent to an activating group) is 1. The highest BCUT2D eigenvalue weighted by atomic mass is 16.2. The van der Waals surface area contributed by atoms with Gasteiger partial charge in [0.15, 0.2) is 0 Å². The molecule has 1 aromatic heterocycles. The Bertz CT molecular complexity index is 656. The third-order valence-electron chi connectivity index (χ3n) is 3.37. The number of hydrogen-bond acceptors (Lipinski definition) is 2. The number of nitrogens with one attached hydrogen (secondary N) is 1. The van der Waals surface area contributed by atoms with E-state index in [4.69, 9.17) is 0 Å². The highest BCUT2D eigenvalue weighted by Gasteiger charge is 2.22. The zero-order chi connectivity index (χ0) is 13.4. The summed E-state index contributed by atoms with van der Waals surface area (Å²) in [6.45, 7) is 2.22. The second-order valence-electron chi connectivity index (χ2n) is 4.72. The second kappa shape index (κ2) is 4.39. The highest BCUT2D eigenvalue weighted by Crippen LogP contribution is 2.26. The van der Waals surface area contributed by atoms with Crippen molar-refractivity contribution < 1.29 is 4.79 Å². The van der Waals surface area contributed by atoms with E-state index in [1.165, 1.54) is 0 Å². The number of nitrogens with zero attached hydrogens (tertiary/aromatic N) is 2. The number of carbonyl (C=O) groups excluding carboxylic acids is 1. The quantitative estimate of drug-likeness (QED) is 0.831. The van der Waals surface area contributed by atoms with E-state index in [9.17, 15) is 4.79 Å². The number of carbonyl (C=O) groups is 1. The first kappa shape index (κ1) is 11.7. The molecule has 19 heavy (non-hydrogen) atoms. The number of hydrogen-bond donors (Lipinski definition) is 1. The van der Waals surface area contributed by atoms with Gasteiger partial charge in [-0.15, -0.1) is 0 Å². The molecule has 4 nitrogen and oxygen atoms in total. The average molecular weight is 253 g/mol. The molecule has 0 fully saturated rings. The number of aryl methyl sites for hydroxylation is 1. The molecule has 0 radical (unpaired) electrons. The Kier molecular flexibility index (Phi) is 2.71. The Morgan fingerprint density at radius 3 is 2.89 bits per heavy atom. The van der Waals surface area contributed by atoms with Crippen LogP contribution in [0, 0.1) is 6.92 Å². The van der Waals surface area contributed by atoms with E-state index in [2.05, 4.69) is 16.0 Å². The standard InChI is InChI=1S/C15H15N3O/c1-10-5-6-13-11(8-10)15(12-4-3-7-16-12)17-9-14(19)18(13)2/h3-8,16H,9H2,1-2H3. The summed E-state index contributed by atoms with van der Waals surface area (Å²) in [7, 11) is 1.80. The molecule has 0 unspecified atom stereocenters. The predicted octanol–water partition coefficient (Wildman–Crippen LogP) is 2.14. The van der Waals surface area contributed by atoms with Crippen molar-refractivity contribution in [3.8, 4) is 0 Å². The van der Waals surface area contributed by atoms with E-state index in [1.807, 2.05) is 37.4 Å². The average Bonchev–Trinajstić information content (AvgIpc) is 2.88. The number of benzodiazepines with no additional fused rings is 1. The first-order valence-corrected chi connectivity index (χ1v) is 6.22. The minimum absolute atomic E-state index is 0.00617. The fourth-order valence-corrected chi connectivity index (χ4v) is 2.31. The Balaban J connectivity index is 2.24. The van der Waals surface area contributed by atoms with Gasteiger partial charge in [-0.2, -0.15) is 0 Å². The van der Waals surface area contributed by atoms with Crippen molar-refractivity contribution in [2.75, 3.05) is 18.5 Å². The summed E-state index contributed by atoms with van der Waals surface area (Å²) in [5, 5.41) is 0. The van der Waals surface area contributed by atoms with Gasteiger partial charge in [-0.25, -0.2) is 0 Å². The molecule has 0 spiro atoms. The first-order valence-electron chi connectivity index (χ1n) is 6.22. The molecular weight excluding hydrogens is 238 g/mol. The van der Waals surface area contributed by atoms with Crippen molar-refractivity contribution in [1.29, 1.82) is 0 Å². The maximum atomic E-state index is 12.0. The Morgan fingerprint density at radius 2 is 2.16 bits per heavy atom. The molecule has 4 heteroatoms. The summed E-state index contributed by atoms with van der Waals surface area (Å²) in [5.74, 6) is 0.00617. The molecule has 0 bridgehead atoms. The van der Waals surface area contributed by atoms with Gasteiger partial charge in [0.2, 0.25) is 5.91 Å². The topological polar surface area (TPSA) is 48.5 Å². The fraction of sp³-hybridized carbons (Fsp3) is 0.200. The summed E-state index contributed by atoms with van der Waals surface area (Å²) in [5.41, 5.74) is 4.84. The van der Waals surface area contributed by atoms with E-state index >= 15 is 0 Å². The van der Waals surface area contributed by atoms with Crippen LogP contribution in [0.15, 0.2) is 41.5 Å². The van der Waals surface area contributed by atoms with Gasteiger partial charge in [-0.05, 0) is 31.2 Å². The van der Waals surface area contributed by atoms with E-state index in [-0.39, 0.29) is 12.5 Å². The van der Waals surface area contributed by atoms with Crippen molar-refractivity contribution in [3.63, 3.8) is 0 Å². The minimum Gasteiger partial charge on any atom is -0.360 e. The number of aromatic nitrogens is 1. The largest absolute Gasteiger partial charge is 0.360 e. The molecule has 3 rings (SSSR count). The number of aliphatic imine (C=N–C) groups is 1. The summed E-state index contributed by atoms with van der Waals surface area (Å²) in [6.07, 6.45) is 1.86. The lowest BCUT2D eigenvalue weighted by atomic mass is 10.0. The smallest absolute Gasteiger partial charge is 0.248 e. The molecule has 0 saturated heterocycles. The number of benzene rings is 1. The van der Waals surface area contributed by atoms with E-state index in [0.717, 1.165) is 28.2 Å². The first-order chi connectivity index (χ1) is 9.16. The van der Waals surface area contributed by atoms with Crippen molar-refractivity contribution in [2.24, 2.45) is 4.99 Å². The highest BCUT2D eigenvalue weighted by molar-refractivity contribution is 6.18. The van der Waals surface area contributed by atoms with Crippen LogP contribution in [0.3, 0.4) is 0 Å². The van der Waals surface area contributed by atoms with Gasteiger partial charge in [0.1, 0.15) is 6.54 Å². The van der Waals surface area contributed by atoms with Crippen LogP contribution in [-0.2, 0) is 4.79 Å². The van der Waals surface area contributed by atoms with Crippen molar-refractivity contribution in [2.45, 2.75) is 6.92 Å². The lowest BCUT2D eigenvalue weighted by Crippen LogP contribution is -2.27. The van der Waals surface area contributed by atoms with Crippen LogP contribution < -0.4 is 4.90 Å². The third kappa shape index (κ3) is 1.95. The molecule has 1 aliphatic rings. The van der Waals surface area contributed by atoms with Crippen LogP contribution in [0.4, 0.5) is 5.69 Å². The molecule has 1 amide bonds. The summed E-state index contributed by atoms with van der Waals surface area (Å²) in [6, 6.07) is 9.97. The van der Waals surface area contributed by atoms with E-state index < -0.39 is 0 Å². The van der Waals surface area contributed by atoms with Crippen molar-refractivity contribution >= 4 is 17.3 Å². The molecule has 0 atom stereocenters. The maximum absolute atomic E-state index is 12.0. The van der Waals surface area contributed by atoms with E-state index in [1.54, 1.807) is 11.9 Å². The van der Waals surface area contributed by atoms with Crippen LogP contribution in [0.2, 0.25) is 0 Å². The van der Waals surface area contributed by atoms with Crippen molar-refractivity contribution in [3.05, 3.63) is 53.3 Å². The summed E-state index contributed by atoms with van der Waals surface area (Å²) >= 11 is 0. The fourth-order valence-electron chi connectivity index (χ4n) is 2.31. The predicted molar refractivity (Wildman–Crippen MR) is 75.9 cm³/mol. The molecule has 1 aliphatic heterocycles. The van der Waals surface area contributed by atoms with Crippen LogP contribution >= 0.6 is 0 Å². The Morgan fingerprint density at radius 1 is 1.32 bits per heavy atom. The van der Waals surface area contributed by atoms with Gasteiger partial charge in [-0.3, -0.25) is 9.79 Å². The van der Waals surface area contributed by atoms with Gasteiger partial charge in [0.05, 0.1) is 17.1 Å². The van der Waals surface area contributed by atoms with Crippen LogP contribution in [0.1, 0.15) is 16.8 Å². The number of rotatable bonds is 1. The van der Waals surface area contributed by atoms with Gasteiger partial charge in [-0.1, -0.05) is 11.6 Å². The molecule has 1 N–H and O–H groups in total. The summed E-state index contributed by atoms with van der Waals surface area (Å²) < 4.78 is 0. The normalized spacial score (nSPS) is 14.9. The number of amides is 1. The van der Waals surface area contributed by atoms with Gasteiger partial charge in [0.25, 0.3) is 0 Å². The molecule has 2 aromatic rings. The Labute approximate surface area is 111 Å². The molecule has 0 aliphatic carbocycles. The van der Waals surface area contributed by atoms with Gasteiger partial charge in [0, 0.05) is 18.8 Å². The lowest BCUT2D eigenvalue weighted by molar-refractivity contribution is -0.116. The second-order valence-corrected chi connectivity index (χ2v) is 4.72. The van der Waals surface area contributed by atoms with Crippen LogP contribution in [-0.4, -0.2) is 30.2 Å². The Hall–Kier alpha value is -2.36. The molecule has 0 saturated carbocycles. The minimum atomic E-state index is 0.00617. The number of fused-ring (bicyclic) bond motifs is 1. The van der Waals surface area contributed by atoms with Crippen molar-refractivity contribution in [1.82, 2.24) is 4.98 Å². The molecular formula is C15H15N3O. The third-order valence-corrected chi connectivity index (χ3v) is 3.37. The zero-order valence-electron chi connectivity index (χ0n) is 11.0. The zero-order valence-corrected chi connectivity index (χ0v) is 11.0. The van der Waals surface area contributed by atoms with Crippen LogP contribution in [0.25, 0.3) is 0 Å².